The van der Waals surface area contributed by atoms with Crippen molar-refractivity contribution < 1.29 is 24.3 Å². The van der Waals surface area contributed by atoms with Gasteiger partial charge in [-0.3, -0.25) is 24.5 Å². The van der Waals surface area contributed by atoms with E-state index in [1.165, 1.54) is 27.9 Å². The van der Waals surface area contributed by atoms with Crippen molar-refractivity contribution in [3.05, 3.63) is 125 Å². The molecule has 290 valence electrons. The molecule has 56 heavy (non-hydrogen) atoms. The van der Waals surface area contributed by atoms with Crippen LogP contribution < -0.4 is 20.4 Å². The fourth-order valence-corrected chi connectivity index (χ4v) is 9.25. The third-order valence-electron chi connectivity index (χ3n) is 12.5. The number of phenolic OH excluding ortho intramolecular Hbond substituents is 1. The first-order chi connectivity index (χ1) is 27.3. The number of carbonyl (C=O) groups excluding carboxylic acids is 4. The molecule has 3 saturated heterocycles. The predicted octanol–water partition coefficient (Wildman–Crippen LogP) is 6.13. The molecule has 0 radical (unpaired) electrons. The quantitative estimate of drug-likeness (QED) is 0.176. The van der Waals surface area contributed by atoms with Crippen molar-refractivity contribution >= 4 is 35.0 Å². The molecule has 0 saturated carbocycles. The normalized spacial score (nSPS) is 21.6. The molecule has 10 heteroatoms. The van der Waals surface area contributed by atoms with E-state index in [9.17, 15) is 24.3 Å². The maximum Gasteiger partial charge on any atom is 0.251 e. The zero-order valence-corrected chi connectivity index (χ0v) is 31.9. The Kier molecular flexibility index (Phi) is 11.1. The number of piperazine rings is 1. The number of hydrogen-bond acceptors (Lipinski definition) is 7. The Balaban J connectivity index is 0.789. The summed E-state index contributed by atoms with van der Waals surface area (Å²) < 4.78 is 0. The Morgan fingerprint density at radius 1 is 0.714 bits per heavy atom. The fraction of sp³-hybridized carbons (Fsp3) is 0.391. The van der Waals surface area contributed by atoms with Gasteiger partial charge in [-0.2, -0.15) is 0 Å². The van der Waals surface area contributed by atoms with Gasteiger partial charge in [-0.05, 0) is 121 Å². The second kappa shape index (κ2) is 16.6. The number of amides is 4. The van der Waals surface area contributed by atoms with Crippen LogP contribution in [0.3, 0.4) is 0 Å². The highest BCUT2D eigenvalue weighted by Crippen LogP contribution is 2.47. The number of aryl methyl sites for hydroxylation is 1. The third-order valence-corrected chi connectivity index (χ3v) is 12.5. The first kappa shape index (κ1) is 37.3. The number of carbonyl (C=O) groups is 4. The van der Waals surface area contributed by atoms with Crippen LogP contribution in [0.1, 0.15) is 89.4 Å². The number of benzene rings is 4. The molecule has 4 aromatic rings. The molecule has 3 aliphatic heterocycles. The van der Waals surface area contributed by atoms with Gasteiger partial charge in [-0.1, -0.05) is 48.5 Å². The lowest BCUT2D eigenvalue weighted by atomic mass is 9.69. The van der Waals surface area contributed by atoms with Crippen LogP contribution in [0.4, 0.5) is 11.4 Å². The van der Waals surface area contributed by atoms with Gasteiger partial charge in [0.2, 0.25) is 17.7 Å². The summed E-state index contributed by atoms with van der Waals surface area (Å²) in [6.07, 6.45) is 6.20. The van der Waals surface area contributed by atoms with Crippen LogP contribution in [0, 0.1) is 5.92 Å². The maximum absolute atomic E-state index is 13.3. The molecule has 4 aliphatic rings. The van der Waals surface area contributed by atoms with E-state index in [0.717, 1.165) is 64.0 Å². The van der Waals surface area contributed by atoms with E-state index in [0.29, 0.717) is 49.1 Å². The van der Waals surface area contributed by atoms with E-state index in [1.807, 2.05) is 29.2 Å². The molecule has 10 nitrogen and oxygen atoms in total. The molecule has 3 fully saturated rings. The largest absolute Gasteiger partial charge is 0.508 e. The van der Waals surface area contributed by atoms with Crippen molar-refractivity contribution in [1.82, 2.24) is 15.5 Å². The van der Waals surface area contributed by atoms with Gasteiger partial charge >= 0.3 is 0 Å². The van der Waals surface area contributed by atoms with Crippen LogP contribution in [0.25, 0.3) is 0 Å². The SMILES string of the molecule is O=C1CCC(NC(=O)c2ccc(N3CCN(C(=O)CCC4CCN(c5ccc([C@@H]6c7ccc(O)cc7CC[C@@H]6c6ccccc6)cc5)CC4)CC3)cc2)C(=O)N1. The molecule has 1 unspecified atom stereocenters. The number of fused-ring (bicyclic) bond motifs is 1. The monoisotopic (exact) mass is 753 g/mol. The highest BCUT2D eigenvalue weighted by molar-refractivity contribution is 6.03. The van der Waals surface area contributed by atoms with Gasteiger partial charge in [0.25, 0.3) is 5.91 Å². The summed E-state index contributed by atoms with van der Waals surface area (Å²) in [5.41, 5.74) is 7.94. The summed E-state index contributed by atoms with van der Waals surface area (Å²) in [7, 11) is 0. The van der Waals surface area contributed by atoms with Crippen LogP contribution >= 0.6 is 0 Å². The maximum atomic E-state index is 13.3. The van der Waals surface area contributed by atoms with Gasteiger partial charge in [-0.25, -0.2) is 0 Å². The zero-order chi connectivity index (χ0) is 38.6. The molecule has 3 heterocycles. The number of nitrogens with zero attached hydrogens (tertiary/aromatic N) is 3. The van der Waals surface area contributed by atoms with Crippen molar-refractivity contribution in [1.29, 1.82) is 0 Å². The van der Waals surface area contributed by atoms with Gasteiger partial charge in [-0.15, -0.1) is 0 Å². The van der Waals surface area contributed by atoms with E-state index < -0.39 is 11.9 Å². The van der Waals surface area contributed by atoms with E-state index in [4.69, 9.17) is 0 Å². The van der Waals surface area contributed by atoms with Gasteiger partial charge < -0.3 is 25.1 Å². The number of phenols is 1. The summed E-state index contributed by atoms with van der Waals surface area (Å²) in [6, 6.07) is 32.5. The smallest absolute Gasteiger partial charge is 0.251 e. The molecule has 8 rings (SSSR count). The number of nitrogens with one attached hydrogen (secondary N) is 2. The summed E-state index contributed by atoms with van der Waals surface area (Å²) in [5.74, 6) is 0.612. The predicted molar refractivity (Wildman–Crippen MR) is 217 cm³/mol. The molecular formula is C46H51N5O5. The van der Waals surface area contributed by atoms with Crippen molar-refractivity contribution in [3.63, 3.8) is 0 Å². The Hall–Kier alpha value is -5.64. The minimum absolute atomic E-state index is 0.211. The minimum Gasteiger partial charge on any atom is -0.508 e. The highest BCUT2D eigenvalue weighted by Gasteiger charge is 2.33. The molecule has 3 atom stereocenters. The molecule has 3 N–H and O–H groups in total. The van der Waals surface area contributed by atoms with Gasteiger partial charge in [0.1, 0.15) is 11.8 Å². The number of hydrogen-bond donors (Lipinski definition) is 3. The lowest BCUT2D eigenvalue weighted by Crippen LogP contribution is -2.52. The number of anilines is 2. The minimum atomic E-state index is -0.708. The van der Waals surface area contributed by atoms with Crippen molar-refractivity contribution in [2.24, 2.45) is 5.92 Å². The lowest BCUT2D eigenvalue weighted by molar-refractivity contribution is -0.135. The summed E-state index contributed by atoms with van der Waals surface area (Å²) in [5, 5.41) is 15.2. The number of rotatable bonds is 9. The van der Waals surface area contributed by atoms with E-state index >= 15 is 0 Å². The molecule has 1 aliphatic carbocycles. The molecular weight excluding hydrogens is 703 g/mol. The number of imide groups is 1. The van der Waals surface area contributed by atoms with Crippen LogP contribution in [0.15, 0.2) is 97.1 Å². The number of aromatic hydroxyl groups is 1. The van der Waals surface area contributed by atoms with E-state index in [-0.39, 0.29) is 30.1 Å². The van der Waals surface area contributed by atoms with Gasteiger partial charge in [0.05, 0.1) is 0 Å². The molecule has 4 amide bonds. The second-order valence-electron chi connectivity index (χ2n) is 15.9. The Morgan fingerprint density at radius 3 is 2.09 bits per heavy atom. The van der Waals surface area contributed by atoms with Crippen LogP contribution in [0.5, 0.6) is 5.75 Å². The molecule has 0 spiro atoms. The van der Waals surface area contributed by atoms with Crippen LogP contribution in [0.2, 0.25) is 0 Å². The highest BCUT2D eigenvalue weighted by atomic mass is 16.3. The van der Waals surface area contributed by atoms with Crippen LogP contribution in [-0.2, 0) is 20.8 Å². The number of piperidine rings is 2. The summed E-state index contributed by atoms with van der Waals surface area (Å²) in [6.45, 7) is 4.79. The average Bonchev–Trinajstić information content (AvgIpc) is 3.24. The van der Waals surface area contributed by atoms with Crippen molar-refractivity contribution in [2.75, 3.05) is 49.1 Å². The summed E-state index contributed by atoms with van der Waals surface area (Å²) in [4.78, 5) is 56.1. The first-order valence-electron chi connectivity index (χ1n) is 20.3. The van der Waals surface area contributed by atoms with Crippen molar-refractivity contribution in [3.8, 4) is 5.75 Å². The van der Waals surface area contributed by atoms with Gasteiger partial charge in [0.15, 0.2) is 0 Å². The third kappa shape index (κ3) is 8.29. The molecule has 0 aromatic heterocycles. The second-order valence-corrected chi connectivity index (χ2v) is 15.9. The first-order valence-corrected chi connectivity index (χ1v) is 20.3. The Bertz CT molecular complexity index is 2040. The molecule has 4 aromatic carbocycles. The average molecular weight is 754 g/mol. The van der Waals surface area contributed by atoms with E-state index in [2.05, 4.69) is 81.1 Å². The Morgan fingerprint density at radius 2 is 1.39 bits per heavy atom. The lowest BCUT2D eigenvalue weighted by Gasteiger charge is -2.37. The molecule has 0 bridgehead atoms. The standard InChI is InChI=1S/C46H51N5O5/c52-38-16-18-40-35(30-38)11-17-39(32-4-2-1-3-5-32)44(40)33-7-12-36(13-8-33)49-24-22-31(23-25-49)6-21-43(54)51-28-26-50(27-29-51)37-14-9-34(10-15-37)45(55)47-41-19-20-42(53)48-46(41)56/h1-5,7-10,12-16,18,30-31,39,41,44,52H,6,11,17,19-29H2,(H,47,55)(H,48,53,56)/t39-,41?,44+/m1/s1. The van der Waals surface area contributed by atoms with Gasteiger partial charge in [0, 0.05) is 75.0 Å². The Labute approximate surface area is 328 Å². The summed E-state index contributed by atoms with van der Waals surface area (Å²) >= 11 is 0. The van der Waals surface area contributed by atoms with E-state index in [1.54, 1.807) is 12.1 Å². The topological polar surface area (TPSA) is 122 Å². The zero-order valence-electron chi connectivity index (χ0n) is 31.9. The van der Waals surface area contributed by atoms with Crippen LogP contribution in [-0.4, -0.2) is 78.9 Å². The van der Waals surface area contributed by atoms with Crippen molar-refractivity contribution in [2.45, 2.75) is 69.2 Å². The fourth-order valence-electron chi connectivity index (χ4n) is 9.25.